The molecule has 1 fully saturated rings. The summed E-state index contributed by atoms with van der Waals surface area (Å²) in [7, 11) is 0. The van der Waals surface area contributed by atoms with Gasteiger partial charge in [0.1, 0.15) is 0 Å². The molecule has 1 aliphatic heterocycles. The van der Waals surface area contributed by atoms with Crippen molar-refractivity contribution in [1.29, 1.82) is 0 Å². The highest BCUT2D eigenvalue weighted by atomic mass is 35.5. The van der Waals surface area contributed by atoms with Crippen molar-refractivity contribution in [2.24, 2.45) is 5.92 Å². The molecule has 1 amide bonds. The number of hydrogen-bond acceptors (Lipinski definition) is 2. The van der Waals surface area contributed by atoms with Crippen molar-refractivity contribution in [2.45, 2.75) is 59.0 Å². The maximum absolute atomic E-state index is 12.2. The van der Waals surface area contributed by atoms with E-state index >= 15 is 0 Å². The van der Waals surface area contributed by atoms with Gasteiger partial charge in [0.2, 0.25) is 5.91 Å². The summed E-state index contributed by atoms with van der Waals surface area (Å²) in [6, 6.07) is 0.745. The molecule has 0 spiro atoms. The first-order valence-corrected chi connectivity index (χ1v) is 6.62. The Hall–Kier alpha value is -0.280. The molecule has 0 radical (unpaired) electrons. The summed E-state index contributed by atoms with van der Waals surface area (Å²) in [5.41, 5.74) is 0. The Balaban J connectivity index is 0.00000256. The van der Waals surface area contributed by atoms with Crippen LogP contribution in [-0.2, 0) is 4.79 Å². The first-order chi connectivity index (χ1) is 7.60. The van der Waals surface area contributed by atoms with Crippen LogP contribution in [0.4, 0.5) is 0 Å². The minimum atomic E-state index is 0. The minimum Gasteiger partial charge on any atom is -0.337 e. The molecular formula is C13H27ClN2O. The van der Waals surface area contributed by atoms with Crippen LogP contribution in [0.2, 0.25) is 0 Å². The molecular weight excluding hydrogens is 236 g/mol. The van der Waals surface area contributed by atoms with Crippen LogP contribution in [0.3, 0.4) is 0 Å². The molecule has 1 aliphatic rings. The summed E-state index contributed by atoms with van der Waals surface area (Å²) in [6.07, 6.45) is 2.95. The van der Waals surface area contributed by atoms with Gasteiger partial charge in [-0.1, -0.05) is 26.7 Å². The van der Waals surface area contributed by atoms with E-state index in [4.69, 9.17) is 0 Å². The summed E-state index contributed by atoms with van der Waals surface area (Å²) in [5, 5.41) is 3.40. The van der Waals surface area contributed by atoms with Gasteiger partial charge >= 0.3 is 0 Å². The smallest absolute Gasteiger partial charge is 0.223 e. The standard InChI is InChI=1S/C13H26N2O.ClH/c1-5-12(6-2)9-13(16)15-8-7-14-10(3)11(15)4;/h10-12,14H,5-9H2,1-4H3;1H. The molecule has 1 N–H and O–H groups in total. The highest BCUT2D eigenvalue weighted by molar-refractivity contribution is 5.85. The zero-order chi connectivity index (χ0) is 12.1. The first kappa shape index (κ1) is 16.7. The van der Waals surface area contributed by atoms with Crippen LogP contribution in [-0.4, -0.2) is 36.0 Å². The van der Waals surface area contributed by atoms with Crippen molar-refractivity contribution >= 4 is 18.3 Å². The predicted molar refractivity (Wildman–Crippen MR) is 74.6 cm³/mol. The van der Waals surface area contributed by atoms with Crippen molar-refractivity contribution in [3.8, 4) is 0 Å². The van der Waals surface area contributed by atoms with Gasteiger partial charge in [0.15, 0.2) is 0 Å². The number of carbonyl (C=O) groups excluding carboxylic acids is 1. The molecule has 0 aromatic carbocycles. The second-order valence-corrected chi connectivity index (χ2v) is 4.96. The van der Waals surface area contributed by atoms with Crippen molar-refractivity contribution in [2.75, 3.05) is 13.1 Å². The largest absolute Gasteiger partial charge is 0.337 e. The van der Waals surface area contributed by atoms with E-state index in [9.17, 15) is 4.79 Å². The van der Waals surface area contributed by atoms with Crippen LogP contribution in [0.25, 0.3) is 0 Å². The predicted octanol–water partition coefficient (Wildman–Crippen LogP) is 2.44. The molecule has 0 bridgehead atoms. The third kappa shape index (κ3) is 4.47. The molecule has 2 unspecified atom stereocenters. The Morgan fingerprint density at radius 1 is 1.35 bits per heavy atom. The van der Waals surface area contributed by atoms with E-state index < -0.39 is 0 Å². The van der Waals surface area contributed by atoms with Crippen molar-refractivity contribution in [3.05, 3.63) is 0 Å². The Bertz CT molecular complexity index is 231. The fourth-order valence-electron chi connectivity index (χ4n) is 2.35. The number of hydrogen-bond donors (Lipinski definition) is 1. The Kier molecular flexibility index (Phi) is 7.80. The summed E-state index contributed by atoms with van der Waals surface area (Å²) in [6.45, 7) is 10.4. The molecule has 17 heavy (non-hydrogen) atoms. The zero-order valence-electron chi connectivity index (χ0n) is 11.5. The summed E-state index contributed by atoms with van der Waals surface area (Å²) >= 11 is 0. The summed E-state index contributed by atoms with van der Waals surface area (Å²) in [4.78, 5) is 14.2. The van der Waals surface area contributed by atoms with Crippen LogP contribution in [0, 0.1) is 5.92 Å². The average Bonchev–Trinajstić information content (AvgIpc) is 2.29. The second-order valence-electron chi connectivity index (χ2n) is 4.96. The number of rotatable bonds is 4. The molecule has 0 saturated carbocycles. The van der Waals surface area contributed by atoms with Gasteiger partial charge in [-0.25, -0.2) is 0 Å². The molecule has 3 nitrogen and oxygen atoms in total. The van der Waals surface area contributed by atoms with E-state index in [1.807, 2.05) is 0 Å². The molecule has 0 aromatic heterocycles. The van der Waals surface area contributed by atoms with Gasteiger partial charge in [-0.2, -0.15) is 0 Å². The fourth-order valence-corrected chi connectivity index (χ4v) is 2.35. The average molecular weight is 263 g/mol. The van der Waals surface area contributed by atoms with E-state index in [0.29, 0.717) is 23.9 Å². The van der Waals surface area contributed by atoms with Crippen molar-refractivity contribution < 1.29 is 4.79 Å². The third-order valence-corrected chi connectivity index (χ3v) is 3.97. The second kappa shape index (κ2) is 7.93. The van der Waals surface area contributed by atoms with Crippen molar-refractivity contribution in [3.63, 3.8) is 0 Å². The first-order valence-electron chi connectivity index (χ1n) is 6.62. The lowest BCUT2D eigenvalue weighted by atomic mass is 9.97. The summed E-state index contributed by atoms with van der Waals surface area (Å²) in [5.74, 6) is 0.902. The number of nitrogens with one attached hydrogen (secondary N) is 1. The molecule has 0 aromatic rings. The number of amides is 1. The van der Waals surface area contributed by atoms with Crippen LogP contribution >= 0.6 is 12.4 Å². The van der Waals surface area contributed by atoms with Gasteiger partial charge in [-0.05, 0) is 19.8 Å². The Morgan fingerprint density at radius 3 is 2.47 bits per heavy atom. The maximum atomic E-state index is 12.2. The molecule has 1 saturated heterocycles. The lowest BCUT2D eigenvalue weighted by Gasteiger charge is -2.39. The maximum Gasteiger partial charge on any atom is 0.223 e. The van der Waals surface area contributed by atoms with E-state index in [-0.39, 0.29) is 12.4 Å². The minimum absolute atomic E-state index is 0. The highest BCUT2D eigenvalue weighted by Crippen LogP contribution is 2.17. The molecule has 2 atom stereocenters. The SMILES string of the molecule is CCC(CC)CC(=O)N1CCNC(C)C1C.Cl. The Morgan fingerprint density at radius 2 is 1.94 bits per heavy atom. The van der Waals surface area contributed by atoms with Crippen LogP contribution in [0.15, 0.2) is 0 Å². The van der Waals surface area contributed by atoms with Crippen molar-refractivity contribution in [1.82, 2.24) is 10.2 Å². The normalized spacial score (nSPS) is 24.6. The van der Waals surface area contributed by atoms with Gasteiger partial charge in [0.05, 0.1) is 0 Å². The Labute approximate surface area is 112 Å². The van der Waals surface area contributed by atoms with E-state index in [1.54, 1.807) is 0 Å². The quantitative estimate of drug-likeness (QED) is 0.844. The van der Waals surface area contributed by atoms with E-state index in [1.165, 1.54) is 0 Å². The monoisotopic (exact) mass is 262 g/mol. The number of nitrogens with zero attached hydrogens (tertiary/aromatic N) is 1. The topological polar surface area (TPSA) is 32.3 Å². The lowest BCUT2D eigenvalue weighted by molar-refractivity contribution is -0.135. The fraction of sp³-hybridized carbons (Fsp3) is 0.923. The van der Waals surface area contributed by atoms with Crippen LogP contribution in [0.1, 0.15) is 47.0 Å². The summed E-state index contributed by atoms with van der Waals surface area (Å²) < 4.78 is 0. The van der Waals surface area contributed by atoms with Gasteiger partial charge in [0.25, 0.3) is 0 Å². The third-order valence-electron chi connectivity index (χ3n) is 3.97. The van der Waals surface area contributed by atoms with Gasteiger partial charge in [-0.3, -0.25) is 4.79 Å². The zero-order valence-corrected chi connectivity index (χ0v) is 12.3. The highest BCUT2D eigenvalue weighted by Gasteiger charge is 2.28. The van der Waals surface area contributed by atoms with E-state index in [2.05, 4.69) is 37.9 Å². The van der Waals surface area contributed by atoms with Gasteiger partial charge in [-0.15, -0.1) is 12.4 Å². The van der Waals surface area contributed by atoms with Crippen LogP contribution < -0.4 is 5.32 Å². The molecule has 102 valence electrons. The lowest BCUT2D eigenvalue weighted by Crippen LogP contribution is -2.57. The molecule has 1 rings (SSSR count). The van der Waals surface area contributed by atoms with Gasteiger partial charge in [0, 0.05) is 31.6 Å². The number of halogens is 1. The number of piperazine rings is 1. The van der Waals surface area contributed by atoms with Crippen LogP contribution in [0.5, 0.6) is 0 Å². The molecule has 4 heteroatoms. The van der Waals surface area contributed by atoms with Gasteiger partial charge < -0.3 is 10.2 Å². The molecule has 0 aliphatic carbocycles. The molecule has 1 heterocycles. The number of carbonyl (C=O) groups is 1. The van der Waals surface area contributed by atoms with E-state index in [0.717, 1.165) is 32.4 Å².